The van der Waals surface area contributed by atoms with Crippen molar-refractivity contribution in [3.8, 4) is 0 Å². The minimum absolute atomic E-state index is 0.0700. The van der Waals surface area contributed by atoms with Crippen molar-refractivity contribution in [2.24, 2.45) is 11.8 Å². The third kappa shape index (κ3) is 17.9. The number of carbonyl (C=O) groups excluding carboxylic acids is 8. The molecule has 12 N–H and O–H groups in total. The summed E-state index contributed by atoms with van der Waals surface area (Å²) in [6.07, 6.45) is 2.47. The summed E-state index contributed by atoms with van der Waals surface area (Å²) in [4.78, 5) is 140. The molecule has 28 heteroatoms. The van der Waals surface area contributed by atoms with Crippen LogP contribution < -0.4 is 42.5 Å². The largest absolute Gasteiger partial charge is 0.480 e. The Balaban J connectivity index is 0.000000390. The number of aromatic nitrogens is 4. The average molecular weight is 1070 g/mol. The van der Waals surface area contributed by atoms with Crippen LogP contribution in [0, 0.1) is 11.8 Å². The topological polar surface area (TPSA) is 399 Å². The van der Waals surface area contributed by atoms with E-state index in [-0.39, 0.29) is 22.9 Å². The van der Waals surface area contributed by atoms with Gasteiger partial charge in [-0.25, -0.2) is 19.6 Å². The first-order valence-electron chi connectivity index (χ1n) is 22.7. The molecule has 0 saturated heterocycles. The SMILES string of the molecule is CC(C)[C@H](NC(=O)[C@H](CS)NC(=O)[C@H](C)NC(=O)[C@H](CO)NC(=O)c1cnc2ccccc2n1)C(=O)O.CC(C)[C@H](NC(=O)[C@H](CS)NC(=O)[C@H](C)NC(=O)[C@H](CO)NC(=O)c1cnc2ccccc2n1)C(=O)O. The summed E-state index contributed by atoms with van der Waals surface area (Å²) in [6.45, 7) is 7.62. The molecule has 2 aromatic carbocycles. The molecule has 2 aromatic heterocycles. The number of nitrogens with one attached hydrogen (secondary N) is 8. The molecule has 0 bridgehead atoms. The fourth-order valence-corrected chi connectivity index (χ4v) is 6.78. The van der Waals surface area contributed by atoms with Crippen molar-refractivity contribution in [3.63, 3.8) is 0 Å². The Kier molecular flexibility index (Phi) is 24.0. The highest BCUT2D eigenvalue weighted by atomic mass is 32.1. The van der Waals surface area contributed by atoms with E-state index in [0.29, 0.717) is 22.1 Å². The maximum atomic E-state index is 12.6. The highest BCUT2D eigenvalue weighted by Gasteiger charge is 2.32. The fourth-order valence-electron chi connectivity index (χ4n) is 6.26. The number of carboxylic acids is 2. The van der Waals surface area contributed by atoms with Crippen molar-refractivity contribution in [2.75, 3.05) is 24.7 Å². The first kappa shape index (κ1) is 60.7. The van der Waals surface area contributed by atoms with E-state index in [1.807, 2.05) is 0 Å². The van der Waals surface area contributed by atoms with Gasteiger partial charge in [0.25, 0.3) is 11.8 Å². The van der Waals surface area contributed by atoms with E-state index in [1.165, 1.54) is 26.2 Å². The third-order valence-corrected chi connectivity index (χ3v) is 11.3. The van der Waals surface area contributed by atoms with Crippen LogP contribution in [0.2, 0.25) is 0 Å². The van der Waals surface area contributed by atoms with Crippen LogP contribution in [0.25, 0.3) is 22.1 Å². The number of aliphatic hydroxyl groups is 2. The number of fused-ring (bicyclic) bond motifs is 2. The highest BCUT2D eigenvalue weighted by molar-refractivity contribution is 7.80. The van der Waals surface area contributed by atoms with Crippen molar-refractivity contribution < 1.29 is 68.4 Å². The van der Waals surface area contributed by atoms with Gasteiger partial charge in [0.15, 0.2) is 0 Å². The molecule has 8 atom stereocenters. The lowest BCUT2D eigenvalue weighted by molar-refractivity contribution is -0.143. The number of hydrogen-bond acceptors (Lipinski definition) is 18. The zero-order valence-corrected chi connectivity index (χ0v) is 42.7. The second kappa shape index (κ2) is 29.2. The fraction of sp³-hybridized carbons (Fsp3) is 0.435. The predicted octanol–water partition coefficient (Wildman–Crippen LogP) is -2.27. The lowest BCUT2D eigenvalue weighted by Gasteiger charge is -2.24. The summed E-state index contributed by atoms with van der Waals surface area (Å²) in [7, 11) is 0. The molecular formula is C46H60N12O14S2. The number of para-hydroxylation sites is 4. The zero-order chi connectivity index (χ0) is 55.4. The van der Waals surface area contributed by atoms with Crippen molar-refractivity contribution in [1.82, 2.24) is 62.5 Å². The molecule has 74 heavy (non-hydrogen) atoms. The summed E-state index contributed by atoms with van der Waals surface area (Å²) in [5.41, 5.74) is 1.95. The second-order valence-electron chi connectivity index (χ2n) is 17.0. The summed E-state index contributed by atoms with van der Waals surface area (Å²) in [6, 6.07) is 3.95. The molecule has 0 radical (unpaired) electrons. The van der Waals surface area contributed by atoms with Gasteiger partial charge in [-0.05, 0) is 49.9 Å². The van der Waals surface area contributed by atoms with Crippen LogP contribution in [0.4, 0.5) is 0 Å². The molecule has 4 rings (SSSR count). The van der Waals surface area contributed by atoms with E-state index >= 15 is 0 Å². The van der Waals surface area contributed by atoms with E-state index in [0.717, 1.165) is 0 Å². The molecule has 4 aromatic rings. The van der Waals surface area contributed by atoms with Gasteiger partial charge < -0.3 is 63.0 Å². The molecule has 0 saturated carbocycles. The van der Waals surface area contributed by atoms with Crippen LogP contribution in [0.15, 0.2) is 60.9 Å². The predicted molar refractivity (Wildman–Crippen MR) is 271 cm³/mol. The molecule has 0 fully saturated rings. The van der Waals surface area contributed by atoms with Gasteiger partial charge in [-0.2, -0.15) is 25.3 Å². The average Bonchev–Trinajstić information content (AvgIpc) is 3.37. The number of thiol groups is 2. The van der Waals surface area contributed by atoms with Gasteiger partial charge in [-0.1, -0.05) is 52.0 Å². The van der Waals surface area contributed by atoms with E-state index < -0.39 is 133 Å². The molecule has 0 aliphatic carbocycles. The van der Waals surface area contributed by atoms with E-state index in [9.17, 15) is 68.4 Å². The van der Waals surface area contributed by atoms with Crippen molar-refractivity contribution in [1.29, 1.82) is 0 Å². The standard InChI is InChI=1S/2C23H30N6O7S/c2*1-11(2)18(23(35)36)29-22(34)17(10-37)28-19(31)12(3)25-21(33)16(9-30)27-20(32)15-8-24-13-6-4-5-7-14(13)26-15/h2*4-8,11-12,16-18,30,37H,9-10H2,1-3H3,(H,25,33)(H,27,32)(H,28,31)(H,29,34)(H,35,36)/t2*12-,16-,17-,18-/m00/s1. The summed E-state index contributed by atoms with van der Waals surface area (Å²) < 4.78 is 0. The van der Waals surface area contributed by atoms with Gasteiger partial charge in [0.1, 0.15) is 59.7 Å². The summed E-state index contributed by atoms with van der Waals surface area (Å²) >= 11 is 8.07. The first-order chi connectivity index (χ1) is 35.0. The minimum atomic E-state index is -1.40. The van der Waals surface area contributed by atoms with Crippen LogP contribution in [0.5, 0.6) is 0 Å². The Morgan fingerprint density at radius 3 is 1.04 bits per heavy atom. The van der Waals surface area contributed by atoms with Crippen molar-refractivity contribution in [3.05, 3.63) is 72.3 Å². The first-order valence-corrected chi connectivity index (χ1v) is 24.0. The van der Waals surface area contributed by atoms with Gasteiger partial charge in [-0.3, -0.25) is 48.3 Å². The van der Waals surface area contributed by atoms with Crippen LogP contribution in [0.1, 0.15) is 62.5 Å². The van der Waals surface area contributed by atoms with Gasteiger partial charge in [0.05, 0.1) is 47.7 Å². The van der Waals surface area contributed by atoms with Crippen molar-refractivity contribution in [2.45, 2.75) is 89.9 Å². The van der Waals surface area contributed by atoms with E-state index in [1.54, 1.807) is 76.2 Å². The van der Waals surface area contributed by atoms with Crippen LogP contribution in [0.3, 0.4) is 0 Å². The Labute approximate surface area is 434 Å². The molecule has 0 spiro atoms. The lowest BCUT2D eigenvalue weighted by Crippen LogP contribution is -2.58. The molecule has 400 valence electrons. The van der Waals surface area contributed by atoms with Crippen molar-refractivity contribution >= 4 is 107 Å². The smallest absolute Gasteiger partial charge is 0.326 e. The number of hydrogen-bond donors (Lipinski definition) is 14. The quantitative estimate of drug-likeness (QED) is 0.0329. The number of nitrogens with zero attached hydrogens (tertiary/aromatic N) is 4. The zero-order valence-electron chi connectivity index (χ0n) is 40.9. The van der Waals surface area contributed by atoms with E-state index in [4.69, 9.17) is 0 Å². The maximum Gasteiger partial charge on any atom is 0.326 e. The lowest BCUT2D eigenvalue weighted by atomic mass is 10.0. The molecule has 2 heterocycles. The number of benzene rings is 2. The Morgan fingerprint density at radius 1 is 0.446 bits per heavy atom. The molecule has 0 unspecified atom stereocenters. The number of aliphatic carboxylic acids is 2. The minimum Gasteiger partial charge on any atom is -0.480 e. The molecule has 8 amide bonds. The molecular weight excluding hydrogens is 1010 g/mol. The normalized spacial score (nSPS) is 14.2. The van der Waals surface area contributed by atoms with E-state index in [2.05, 4.69) is 87.7 Å². The molecule has 26 nitrogen and oxygen atoms in total. The number of rotatable bonds is 24. The maximum absolute atomic E-state index is 12.6. The van der Waals surface area contributed by atoms with Gasteiger partial charge >= 0.3 is 11.9 Å². The number of amides is 8. The number of aliphatic hydroxyl groups excluding tert-OH is 2. The summed E-state index contributed by atoms with van der Waals surface area (Å²) in [5.74, 6) is -9.76. The molecule has 0 aliphatic heterocycles. The summed E-state index contributed by atoms with van der Waals surface area (Å²) in [5, 5.41) is 56.6. The Bertz CT molecular complexity index is 2500. The monoisotopic (exact) mass is 1070 g/mol. The Hall–Kier alpha value is -7.56. The van der Waals surface area contributed by atoms with Gasteiger partial charge in [0, 0.05) is 11.5 Å². The van der Waals surface area contributed by atoms with Crippen LogP contribution in [-0.2, 0) is 38.4 Å². The van der Waals surface area contributed by atoms with Crippen LogP contribution in [-0.4, -0.2) is 173 Å². The molecule has 0 aliphatic rings. The Morgan fingerprint density at radius 2 is 0.757 bits per heavy atom. The second-order valence-corrected chi connectivity index (χ2v) is 17.7. The van der Waals surface area contributed by atoms with Gasteiger partial charge in [0.2, 0.25) is 35.4 Å². The number of carbonyl (C=O) groups is 10. The highest BCUT2D eigenvalue weighted by Crippen LogP contribution is 2.11. The third-order valence-electron chi connectivity index (χ3n) is 10.6. The van der Waals surface area contributed by atoms with Gasteiger partial charge in [-0.15, -0.1) is 0 Å². The number of carboxylic acid groups (broad SMARTS) is 2. The van der Waals surface area contributed by atoms with Crippen LogP contribution >= 0.6 is 25.3 Å².